The van der Waals surface area contributed by atoms with Crippen molar-refractivity contribution in [1.82, 2.24) is 0 Å². The van der Waals surface area contributed by atoms with E-state index in [0.29, 0.717) is 25.3 Å². The molecule has 60 heavy (non-hydrogen) atoms. The first kappa shape index (κ1) is 53.5. The fraction of sp³-hybridized carbons (Fsp3) is 0.310. The summed E-state index contributed by atoms with van der Waals surface area (Å²) in [5.41, 5.74) is 6.15. The summed E-state index contributed by atoms with van der Waals surface area (Å²) >= 11 is 14.4. The molecule has 18 heteroatoms. The van der Waals surface area contributed by atoms with Crippen molar-refractivity contribution >= 4 is 155 Å². The van der Waals surface area contributed by atoms with Crippen molar-refractivity contribution in [2.75, 3.05) is 31.7 Å². The molecule has 3 aliphatic heterocycles. The van der Waals surface area contributed by atoms with E-state index in [1.807, 2.05) is 6.08 Å². The van der Waals surface area contributed by atoms with Gasteiger partial charge in [-0.15, -0.1) is 0 Å². The number of nitrogens with zero attached hydrogens (tertiary/aromatic N) is 4. The van der Waals surface area contributed by atoms with Crippen molar-refractivity contribution in [3.63, 3.8) is 0 Å². The number of hydrogen-bond donors (Lipinski definition) is 1. The van der Waals surface area contributed by atoms with Crippen molar-refractivity contribution < 1.29 is 37.7 Å². The second kappa shape index (κ2) is 25.0. The van der Waals surface area contributed by atoms with E-state index < -0.39 is 10.6 Å². The zero-order valence-corrected chi connectivity index (χ0v) is 48.2. The molecule has 0 fully saturated rings. The molecule has 0 radical (unpaired) electrons. The molecule has 3 heterocycles. The van der Waals surface area contributed by atoms with Crippen LogP contribution >= 0.6 is 120 Å². The Bertz CT molecular complexity index is 2170. The number of fused-ring (bicyclic) bond motifs is 3. The van der Waals surface area contributed by atoms with Gasteiger partial charge in [-0.3, -0.25) is 25.0 Å². The Morgan fingerprint density at radius 2 is 1.35 bits per heavy atom. The third-order valence-electron chi connectivity index (χ3n) is 10.4. The van der Waals surface area contributed by atoms with E-state index >= 15 is 0 Å². The molecular weight excluding hydrogens is 1560 g/mol. The first-order valence-corrected chi connectivity index (χ1v) is 40.1. The van der Waals surface area contributed by atoms with Crippen LogP contribution in [0.4, 0.5) is 22.7 Å². The van der Waals surface area contributed by atoms with Gasteiger partial charge in [-0.1, -0.05) is 102 Å². The minimum Gasteiger partial charge on any atom is -0.507 e. The van der Waals surface area contributed by atoms with Crippen LogP contribution in [0.15, 0.2) is 103 Å². The van der Waals surface area contributed by atoms with E-state index in [9.17, 15) is 25.0 Å². The van der Waals surface area contributed by atoms with Crippen LogP contribution in [0.1, 0.15) is 67.6 Å². The van der Waals surface area contributed by atoms with Crippen molar-refractivity contribution in [3.8, 4) is 11.5 Å². The second-order valence-corrected chi connectivity index (χ2v) is 32.8. The molecule has 0 aromatic heterocycles. The molecule has 0 amide bonds. The number of alkyl halides is 2. The van der Waals surface area contributed by atoms with E-state index in [0.717, 1.165) is 47.7 Å². The number of para-hydroxylation sites is 2. The molecule has 4 aromatic rings. The molecule has 0 saturated heterocycles. The third-order valence-corrected chi connectivity index (χ3v) is 11.9. The maximum absolute atomic E-state index is 11.1. The molecule has 11 nitrogen and oxygen atoms in total. The minimum absolute atomic E-state index is 0.0775. The number of anilines is 2. The van der Waals surface area contributed by atoms with E-state index in [2.05, 4.69) is 218 Å². The molecule has 1 spiro atoms. The Kier molecular flexibility index (Phi) is 22.3. The summed E-state index contributed by atoms with van der Waals surface area (Å²) < 4.78 is 8.90. The van der Waals surface area contributed by atoms with Gasteiger partial charge in [0.05, 0.1) is 20.8 Å². The van der Waals surface area contributed by atoms with Gasteiger partial charge in [-0.05, 0) is 74.2 Å². The summed E-state index contributed by atoms with van der Waals surface area (Å²) in [4.78, 5) is 35.2. The maximum atomic E-state index is 11.1. The van der Waals surface area contributed by atoms with Gasteiger partial charge in [-0.25, -0.2) is 0 Å². The van der Waals surface area contributed by atoms with Gasteiger partial charge in [0.15, 0.2) is 6.29 Å². The van der Waals surface area contributed by atoms with Gasteiger partial charge in [0.1, 0.15) is 11.5 Å². The summed E-state index contributed by atoms with van der Waals surface area (Å²) in [5.74, 6) is 0.430. The molecule has 1 unspecified atom stereocenters. The van der Waals surface area contributed by atoms with E-state index in [-0.39, 0.29) is 38.4 Å². The van der Waals surface area contributed by atoms with Crippen molar-refractivity contribution in [3.05, 3.63) is 146 Å². The van der Waals surface area contributed by atoms with Crippen molar-refractivity contribution in [2.45, 2.75) is 57.1 Å². The Labute approximate surface area is 432 Å². The second-order valence-electron chi connectivity index (χ2n) is 14.4. The normalized spacial score (nSPS) is 16.8. The summed E-state index contributed by atoms with van der Waals surface area (Å²) in [6.07, 6.45) is 6.67. The fourth-order valence-corrected chi connectivity index (χ4v) is 7.99. The molecule has 0 saturated carbocycles. The van der Waals surface area contributed by atoms with Gasteiger partial charge in [0, 0.05) is 111 Å². The standard InChI is InChI=1S/C21H21IN2O3.C14H18IN.C7H5NO4.I3.I2/c1-20(2)17-6-3-4-7-18(17)23(13-5-12-22)21(20)11-10-15-14-16(24(25)26)8-9-19(15)27-21;1-11-14(2,3)12-7-4-5-8-13(12)16(11)10-6-9-15;9-4-5-3-6(8(11)12)1-2-7(5)10;1-3-2;1-2/h3-4,6-11,14H,5,12-13H2,1-2H3;4-5,7-8H,1,6,9-10H2,2-3H3;1-4,10H;;/q;;;-1;. The first-order chi connectivity index (χ1) is 28.6. The van der Waals surface area contributed by atoms with Crippen LogP contribution in [0.25, 0.3) is 6.08 Å². The van der Waals surface area contributed by atoms with E-state index in [4.69, 9.17) is 9.84 Å². The topological polar surface area (TPSA) is 139 Å². The molecule has 0 aliphatic carbocycles. The average molecular weight is 1610 g/mol. The predicted octanol–water partition coefficient (Wildman–Crippen LogP) is 11.1. The number of carbonyl (C=O) groups is 1. The Morgan fingerprint density at radius 3 is 1.93 bits per heavy atom. The minimum atomic E-state index is -0.647. The third kappa shape index (κ3) is 12.3. The number of benzene rings is 4. The van der Waals surface area contributed by atoms with Crippen LogP contribution in [0.3, 0.4) is 0 Å². The summed E-state index contributed by atoms with van der Waals surface area (Å²) in [6, 6.07) is 25.2. The van der Waals surface area contributed by atoms with Crippen LogP contribution in [0, 0.1) is 20.2 Å². The number of aldehydes is 1. The van der Waals surface area contributed by atoms with Gasteiger partial charge < -0.3 is 19.6 Å². The van der Waals surface area contributed by atoms with Crippen LogP contribution < -0.4 is 27.8 Å². The largest absolute Gasteiger partial charge is 0.507 e. The molecule has 4 aromatic carbocycles. The average Bonchev–Trinajstić information content (AvgIpc) is 3.55. The number of hydrogen-bond acceptors (Lipinski definition) is 9. The number of phenolic OH excluding ortho intramolecular Hbond substituents is 1. The quantitative estimate of drug-likeness (QED) is 0.0570. The molecule has 324 valence electrons. The zero-order valence-electron chi connectivity index (χ0n) is 33.1. The fourth-order valence-electron chi connectivity index (χ4n) is 7.31. The zero-order chi connectivity index (χ0) is 44.8. The number of aromatic hydroxyl groups is 1. The predicted molar refractivity (Wildman–Crippen MR) is 291 cm³/mol. The summed E-state index contributed by atoms with van der Waals surface area (Å²) in [7, 11) is 0. The van der Waals surface area contributed by atoms with Gasteiger partial charge >= 0.3 is 50.5 Å². The molecular formula is C42H44I7N4O7-. The number of nitro benzene ring substituents is 2. The summed E-state index contributed by atoms with van der Waals surface area (Å²) in [6.45, 7) is 15.2. The van der Waals surface area contributed by atoms with Gasteiger partial charge in [0.2, 0.25) is 5.72 Å². The van der Waals surface area contributed by atoms with Crippen LogP contribution in [0.5, 0.6) is 11.5 Å². The Morgan fingerprint density at radius 1 is 0.817 bits per heavy atom. The molecule has 1 N–H and O–H groups in total. The maximum Gasteiger partial charge on any atom is 0.270 e. The number of ether oxygens (including phenoxy) is 1. The SMILES string of the molecule is C=C1N(CCCI)c2ccccc2C1(C)C.CC1(C)c2ccccc2N(CCCI)C12C=Cc1cc([N+](=O)[O-])ccc1O2.II.I[I-]I.O=Cc1cc([N+](=O)[O-])ccc1O. The number of carbonyl (C=O) groups excluding carboxylic acids is 1. The number of allylic oxidation sites excluding steroid dienone is 1. The molecule has 3 aliphatic rings. The molecule has 1 atom stereocenters. The Balaban J connectivity index is 0.000000248. The van der Waals surface area contributed by atoms with Crippen molar-refractivity contribution in [2.24, 2.45) is 0 Å². The smallest absolute Gasteiger partial charge is 0.270 e. The molecule has 7 rings (SSSR count). The number of non-ortho nitro benzene ring substituents is 2. The van der Waals surface area contributed by atoms with Crippen LogP contribution in [0.2, 0.25) is 0 Å². The van der Waals surface area contributed by atoms with Gasteiger partial charge in [-0.2, -0.15) is 0 Å². The number of rotatable bonds is 9. The number of halogens is 7. The van der Waals surface area contributed by atoms with E-state index in [1.54, 1.807) is 12.1 Å². The Hall–Kier alpha value is -0.860. The summed E-state index contributed by atoms with van der Waals surface area (Å²) in [5, 5.41) is 30.2. The molecule has 0 bridgehead atoms. The monoisotopic (exact) mass is 1600 g/mol. The van der Waals surface area contributed by atoms with E-state index in [1.165, 1.54) is 45.1 Å². The van der Waals surface area contributed by atoms with Gasteiger partial charge in [0.25, 0.3) is 11.4 Å². The first-order valence-electron chi connectivity index (χ1n) is 18.2. The number of phenols is 1. The van der Waals surface area contributed by atoms with Crippen LogP contribution in [-0.4, -0.2) is 48.9 Å². The number of nitro groups is 2. The van der Waals surface area contributed by atoms with Crippen LogP contribution in [-0.2, 0) is 10.8 Å². The van der Waals surface area contributed by atoms with Crippen molar-refractivity contribution in [1.29, 1.82) is 0 Å².